The maximum absolute atomic E-state index is 13.9. The molecule has 1 aliphatic rings. The lowest BCUT2D eigenvalue weighted by atomic mass is 9.98. The first-order valence-electron chi connectivity index (χ1n) is 8.53. The lowest BCUT2D eigenvalue weighted by molar-refractivity contribution is 0.268. The topological polar surface area (TPSA) is 67.2 Å². The summed E-state index contributed by atoms with van der Waals surface area (Å²) in [7, 11) is -3.60. The first-order chi connectivity index (χ1) is 12.0. The molecule has 25 heavy (non-hydrogen) atoms. The second-order valence-corrected chi connectivity index (χ2v) is 8.17. The van der Waals surface area contributed by atoms with Gasteiger partial charge in [0, 0.05) is 13.1 Å². The van der Waals surface area contributed by atoms with Crippen LogP contribution in [-0.4, -0.2) is 48.7 Å². The van der Waals surface area contributed by atoms with Crippen LogP contribution in [-0.2, 0) is 10.0 Å². The lowest BCUT2D eigenvalue weighted by Crippen LogP contribution is -2.40. The number of nitrogens with one attached hydrogen (secondary N) is 1. The van der Waals surface area contributed by atoms with Gasteiger partial charge in [0.15, 0.2) is 0 Å². The number of aromatic nitrogens is 2. The molecule has 0 radical (unpaired) electrons. The van der Waals surface area contributed by atoms with Crippen molar-refractivity contribution in [2.45, 2.75) is 24.7 Å². The number of piperidine rings is 1. The summed E-state index contributed by atoms with van der Waals surface area (Å²) < 4.78 is 42.2. The lowest BCUT2D eigenvalue weighted by Gasteiger charge is -2.30. The minimum absolute atomic E-state index is 0.0980. The predicted octanol–water partition coefficient (Wildman–Crippen LogP) is 2.02. The highest BCUT2D eigenvalue weighted by Gasteiger charge is 2.30. The normalized spacial score (nSPS) is 17.0. The molecule has 1 N–H and O–H groups in total. The molecule has 2 aromatic rings. The Hall–Kier alpha value is -1.77. The van der Waals surface area contributed by atoms with Gasteiger partial charge in [-0.2, -0.15) is 9.40 Å². The number of sulfonamides is 1. The molecule has 1 aromatic heterocycles. The molecule has 0 aliphatic carbocycles. The highest BCUT2D eigenvalue weighted by molar-refractivity contribution is 7.89. The molecule has 0 saturated carbocycles. The maximum atomic E-state index is 13.9. The van der Waals surface area contributed by atoms with E-state index in [0.717, 1.165) is 25.9 Å². The SMILES string of the molecule is CCNCC1CCN(S(=O)(=O)c2cnn(-c3ccccc3F)c2)CC1. The van der Waals surface area contributed by atoms with Gasteiger partial charge < -0.3 is 5.32 Å². The first kappa shape index (κ1) is 18.0. The van der Waals surface area contributed by atoms with Crippen molar-refractivity contribution in [1.82, 2.24) is 19.4 Å². The minimum Gasteiger partial charge on any atom is -0.317 e. The van der Waals surface area contributed by atoms with Gasteiger partial charge in [-0.1, -0.05) is 19.1 Å². The van der Waals surface area contributed by atoms with Crippen LogP contribution in [0.1, 0.15) is 19.8 Å². The molecule has 8 heteroatoms. The monoisotopic (exact) mass is 366 g/mol. The maximum Gasteiger partial charge on any atom is 0.246 e. The Bertz CT molecular complexity index is 814. The van der Waals surface area contributed by atoms with Crippen LogP contribution in [0, 0.1) is 11.7 Å². The Balaban J connectivity index is 1.73. The van der Waals surface area contributed by atoms with Crippen LogP contribution in [0.15, 0.2) is 41.6 Å². The van der Waals surface area contributed by atoms with Gasteiger partial charge in [-0.15, -0.1) is 0 Å². The molecule has 2 heterocycles. The zero-order valence-electron chi connectivity index (χ0n) is 14.2. The van der Waals surface area contributed by atoms with Crippen molar-refractivity contribution < 1.29 is 12.8 Å². The third kappa shape index (κ3) is 3.91. The van der Waals surface area contributed by atoms with E-state index in [9.17, 15) is 12.8 Å². The molecule has 0 bridgehead atoms. The molecule has 1 aromatic carbocycles. The molecule has 1 saturated heterocycles. The third-order valence-electron chi connectivity index (χ3n) is 4.55. The molecule has 1 fully saturated rings. The van der Waals surface area contributed by atoms with E-state index in [1.165, 1.54) is 27.4 Å². The van der Waals surface area contributed by atoms with Crippen molar-refractivity contribution in [3.05, 3.63) is 42.5 Å². The summed E-state index contributed by atoms with van der Waals surface area (Å²) in [6, 6.07) is 6.15. The van der Waals surface area contributed by atoms with Crippen molar-refractivity contribution in [2.75, 3.05) is 26.2 Å². The zero-order valence-corrected chi connectivity index (χ0v) is 15.0. The van der Waals surface area contributed by atoms with Crippen LogP contribution in [0.5, 0.6) is 0 Å². The summed E-state index contributed by atoms with van der Waals surface area (Å²) in [5.41, 5.74) is 0.230. The fraction of sp³-hybridized carbons (Fsp3) is 0.471. The van der Waals surface area contributed by atoms with E-state index in [-0.39, 0.29) is 10.6 Å². The standard InChI is InChI=1S/C17H23FN4O2S/c1-2-19-11-14-7-9-21(10-8-14)25(23,24)15-12-20-22(13-15)17-6-4-3-5-16(17)18/h3-6,12-14,19H,2,7-11H2,1H3. The van der Waals surface area contributed by atoms with Gasteiger partial charge in [0.05, 0.1) is 12.4 Å². The van der Waals surface area contributed by atoms with E-state index >= 15 is 0 Å². The van der Waals surface area contributed by atoms with Crippen LogP contribution < -0.4 is 5.32 Å². The molecule has 136 valence electrons. The number of rotatable bonds is 6. The number of nitrogens with zero attached hydrogens (tertiary/aromatic N) is 3. The average molecular weight is 366 g/mol. The van der Waals surface area contributed by atoms with Crippen molar-refractivity contribution >= 4 is 10.0 Å². The predicted molar refractivity (Wildman–Crippen MR) is 93.5 cm³/mol. The first-order valence-corrected chi connectivity index (χ1v) is 9.97. The van der Waals surface area contributed by atoms with Gasteiger partial charge in [-0.25, -0.2) is 17.5 Å². The second kappa shape index (κ2) is 7.63. The van der Waals surface area contributed by atoms with E-state index in [2.05, 4.69) is 17.3 Å². The van der Waals surface area contributed by atoms with Crippen LogP contribution in [0.4, 0.5) is 4.39 Å². The molecular formula is C17H23FN4O2S. The van der Waals surface area contributed by atoms with Crippen molar-refractivity contribution in [3.63, 3.8) is 0 Å². The summed E-state index contributed by atoms with van der Waals surface area (Å²) in [6.07, 6.45) is 4.34. The summed E-state index contributed by atoms with van der Waals surface area (Å²) in [6.45, 7) is 4.92. The highest BCUT2D eigenvalue weighted by Crippen LogP contribution is 2.24. The van der Waals surface area contributed by atoms with Gasteiger partial charge >= 0.3 is 0 Å². The largest absolute Gasteiger partial charge is 0.317 e. The average Bonchev–Trinajstić information content (AvgIpc) is 3.11. The molecule has 1 aliphatic heterocycles. The number of hydrogen-bond acceptors (Lipinski definition) is 4. The summed E-state index contributed by atoms with van der Waals surface area (Å²) in [4.78, 5) is 0.0980. The Morgan fingerprint density at radius 3 is 2.68 bits per heavy atom. The number of benzene rings is 1. The molecule has 0 spiro atoms. The van der Waals surface area contributed by atoms with Crippen LogP contribution in [0.3, 0.4) is 0 Å². The molecule has 6 nitrogen and oxygen atoms in total. The van der Waals surface area contributed by atoms with Crippen molar-refractivity contribution in [2.24, 2.45) is 5.92 Å². The van der Waals surface area contributed by atoms with Crippen molar-refractivity contribution in [3.8, 4) is 5.69 Å². The summed E-state index contributed by atoms with van der Waals surface area (Å²) in [5.74, 6) is 0.0614. The van der Waals surface area contributed by atoms with Crippen molar-refractivity contribution in [1.29, 1.82) is 0 Å². The Kier molecular flexibility index (Phi) is 5.51. The molecular weight excluding hydrogens is 343 g/mol. The fourth-order valence-corrected chi connectivity index (χ4v) is 4.46. The molecule has 3 rings (SSSR count). The third-order valence-corrected chi connectivity index (χ3v) is 6.40. The van der Waals surface area contributed by atoms with Gasteiger partial charge in [0.2, 0.25) is 10.0 Å². The Morgan fingerprint density at radius 1 is 1.28 bits per heavy atom. The minimum atomic E-state index is -3.60. The van der Waals surface area contributed by atoms with Gasteiger partial charge in [0.25, 0.3) is 0 Å². The quantitative estimate of drug-likeness (QED) is 0.849. The second-order valence-electron chi connectivity index (χ2n) is 6.23. The van der Waals surface area contributed by atoms with Crippen LogP contribution >= 0.6 is 0 Å². The number of halogens is 1. The molecule has 0 amide bonds. The summed E-state index contributed by atoms with van der Waals surface area (Å²) >= 11 is 0. The fourth-order valence-electron chi connectivity index (χ4n) is 3.06. The van der Waals surface area contributed by atoms with Crippen LogP contribution in [0.25, 0.3) is 5.69 Å². The van der Waals surface area contributed by atoms with Crippen LogP contribution in [0.2, 0.25) is 0 Å². The summed E-state index contributed by atoms with van der Waals surface area (Å²) in [5, 5.41) is 7.34. The smallest absolute Gasteiger partial charge is 0.246 e. The molecule has 0 unspecified atom stereocenters. The van der Waals surface area contributed by atoms with Gasteiger partial charge in [0.1, 0.15) is 16.4 Å². The zero-order chi connectivity index (χ0) is 17.9. The Labute approximate surface area is 147 Å². The number of hydrogen-bond donors (Lipinski definition) is 1. The molecule has 0 atom stereocenters. The highest BCUT2D eigenvalue weighted by atomic mass is 32.2. The van der Waals surface area contributed by atoms with E-state index in [1.807, 2.05) is 0 Å². The number of para-hydroxylation sites is 1. The Morgan fingerprint density at radius 2 is 2.00 bits per heavy atom. The van der Waals surface area contributed by atoms with E-state index < -0.39 is 15.8 Å². The van der Waals surface area contributed by atoms with E-state index in [1.54, 1.807) is 18.2 Å². The van der Waals surface area contributed by atoms with E-state index in [0.29, 0.717) is 19.0 Å². The van der Waals surface area contributed by atoms with Gasteiger partial charge in [-0.05, 0) is 44.0 Å². The van der Waals surface area contributed by atoms with E-state index in [4.69, 9.17) is 0 Å². The van der Waals surface area contributed by atoms with Gasteiger partial charge in [-0.3, -0.25) is 0 Å².